The number of benzene rings is 1. The molecule has 0 spiro atoms. The molecule has 4 N–H and O–H groups in total. The number of hydrogen-bond donors (Lipinski definition) is 2. The highest BCUT2D eigenvalue weighted by Gasteiger charge is 2.22. The van der Waals surface area contributed by atoms with Crippen LogP contribution in [0.25, 0.3) is 5.69 Å². The number of hydrogen-bond acceptors (Lipinski definition) is 5. The molecular weight excluding hydrogens is 291 g/mol. The van der Waals surface area contributed by atoms with Crippen molar-refractivity contribution in [2.24, 2.45) is 5.73 Å². The predicted octanol–water partition coefficient (Wildman–Crippen LogP) is 0.956. The highest BCUT2D eigenvalue weighted by molar-refractivity contribution is 5.96. The normalized spacial score (nSPS) is 10.0. The van der Waals surface area contributed by atoms with Crippen LogP contribution in [0.3, 0.4) is 0 Å². The third-order valence-corrected chi connectivity index (χ3v) is 2.99. The molecule has 112 valence electrons. The number of nitrogens with two attached hydrogens (primary N) is 2. The Balaban J connectivity index is 2.75. The molecule has 0 bridgehead atoms. The van der Waals surface area contributed by atoms with E-state index in [4.69, 9.17) is 16.7 Å². The van der Waals surface area contributed by atoms with E-state index < -0.39 is 17.7 Å². The first kappa shape index (κ1) is 15.1. The van der Waals surface area contributed by atoms with Crippen LogP contribution in [0, 0.1) is 17.1 Å². The summed E-state index contributed by atoms with van der Waals surface area (Å²) in [6.45, 7) is 0. The summed E-state index contributed by atoms with van der Waals surface area (Å²) in [6.07, 6.45) is 1.25. The number of primary amides is 1. The minimum Gasteiger partial charge on any atom is -0.464 e. The van der Waals surface area contributed by atoms with E-state index in [1.165, 1.54) is 16.8 Å². The minimum absolute atomic E-state index is 0.0188. The highest BCUT2D eigenvalue weighted by atomic mass is 19.1. The van der Waals surface area contributed by atoms with Gasteiger partial charge in [-0.3, -0.25) is 4.79 Å². The first-order valence-electron chi connectivity index (χ1n) is 5.99. The van der Waals surface area contributed by atoms with Gasteiger partial charge in [-0.05, 0) is 18.2 Å². The second-order valence-corrected chi connectivity index (χ2v) is 4.34. The van der Waals surface area contributed by atoms with Gasteiger partial charge in [0.2, 0.25) is 5.91 Å². The molecule has 7 nitrogen and oxygen atoms in total. The molecule has 0 saturated carbocycles. The van der Waals surface area contributed by atoms with Crippen LogP contribution in [-0.2, 0) is 4.74 Å². The van der Waals surface area contributed by atoms with Gasteiger partial charge in [-0.25, -0.2) is 9.18 Å². The van der Waals surface area contributed by atoms with Crippen molar-refractivity contribution in [2.75, 3.05) is 12.8 Å². The van der Waals surface area contributed by atoms with Gasteiger partial charge < -0.3 is 20.8 Å². The van der Waals surface area contributed by atoms with Gasteiger partial charge in [0.1, 0.15) is 11.9 Å². The number of aromatic nitrogens is 1. The number of amides is 1. The highest BCUT2D eigenvalue weighted by Crippen LogP contribution is 2.25. The van der Waals surface area contributed by atoms with Crippen molar-refractivity contribution in [3.63, 3.8) is 0 Å². The quantitative estimate of drug-likeness (QED) is 0.817. The second-order valence-electron chi connectivity index (χ2n) is 4.34. The summed E-state index contributed by atoms with van der Waals surface area (Å²) in [5.74, 6) is -2.36. The third-order valence-electron chi connectivity index (χ3n) is 2.99. The molecule has 0 aliphatic carbocycles. The van der Waals surface area contributed by atoms with Crippen LogP contribution in [0.15, 0.2) is 24.4 Å². The fourth-order valence-electron chi connectivity index (χ4n) is 1.97. The van der Waals surface area contributed by atoms with Crippen LogP contribution in [0.2, 0.25) is 0 Å². The van der Waals surface area contributed by atoms with Crippen LogP contribution in [0.1, 0.15) is 26.4 Å². The van der Waals surface area contributed by atoms with Gasteiger partial charge in [-0.15, -0.1) is 0 Å². The lowest BCUT2D eigenvalue weighted by Gasteiger charge is -2.09. The van der Waals surface area contributed by atoms with Crippen molar-refractivity contribution in [1.82, 2.24) is 4.57 Å². The summed E-state index contributed by atoms with van der Waals surface area (Å²) in [4.78, 5) is 23.1. The first-order chi connectivity index (χ1) is 10.4. The van der Waals surface area contributed by atoms with Crippen LogP contribution < -0.4 is 11.5 Å². The van der Waals surface area contributed by atoms with Crippen LogP contribution in [-0.4, -0.2) is 23.6 Å². The summed E-state index contributed by atoms with van der Waals surface area (Å²) in [5.41, 5.74) is 10.7. The van der Waals surface area contributed by atoms with Crippen LogP contribution in [0.5, 0.6) is 0 Å². The zero-order valence-corrected chi connectivity index (χ0v) is 11.5. The van der Waals surface area contributed by atoms with Crippen LogP contribution >= 0.6 is 0 Å². The number of rotatable bonds is 3. The molecule has 1 heterocycles. The number of halogens is 1. The number of carbonyl (C=O) groups excluding carboxylic acids is 2. The van der Waals surface area contributed by atoms with E-state index in [-0.39, 0.29) is 28.2 Å². The van der Waals surface area contributed by atoms with E-state index in [0.29, 0.717) is 0 Å². The molecule has 0 aliphatic heterocycles. The second kappa shape index (κ2) is 5.57. The summed E-state index contributed by atoms with van der Waals surface area (Å²) >= 11 is 0. The van der Waals surface area contributed by atoms with Gasteiger partial charge in [0, 0.05) is 17.4 Å². The van der Waals surface area contributed by atoms with Gasteiger partial charge in [-0.2, -0.15) is 5.26 Å². The largest absolute Gasteiger partial charge is 0.464 e. The Morgan fingerprint density at radius 2 is 2.05 bits per heavy atom. The third kappa shape index (κ3) is 2.47. The Kier molecular flexibility index (Phi) is 3.81. The molecule has 0 unspecified atom stereocenters. The summed E-state index contributed by atoms with van der Waals surface area (Å²) in [6, 6.07) is 5.12. The fourth-order valence-corrected chi connectivity index (χ4v) is 1.97. The van der Waals surface area contributed by atoms with E-state index >= 15 is 0 Å². The molecule has 0 saturated heterocycles. The number of carbonyl (C=O) groups is 2. The van der Waals surface area contributed by atoms with Crippen molar-refractivity contribution < 1.29 is 18.7 Å². The zero-order valence-electron chi connectivity index (χ0n) is 11.5. The molecule has 0 fully saturated rings. The smallest absolute Gasteiger partial charge is 0.357 e. The molecule has 0 atom stereocenters. The van der Waals surface area contributed by atoms with Gasteiger partial charge in [0.05, 0.1) is 18.4 Å². The van der Waals surface area contributed by atoms with Crippen LogP contribution in [0.4, 0.5) is 10.1 Å². The lowest BCUT2D eigenvalue weighted by atomic mass is 10.2. The SMILES string of the molecule is COC(=O)c1c(N)c(C#N)cn1-c1cc(F)cc(C(N)=O)c1. The van der Waals surface area contributed by atoms with Gasteiger partial charge in [0.25, 0.3) is 0 Å². The molecule has 0 radical (unpaired) electrons. The fraction of sp³-hybridized carbons (Fsp3) is 0.0714. The average molecular weight is 302 g/mol. The minimum atomic E-state index is -0.832. The number of ether oxygens (including phenoxy) is 1. The molecule has 1 amide bonds. The van der Waals surface area contributed by atoms with E-state index in [1.807, 2.05) is 6.07 Å². The Labute approximate surface area is 124 Å². The maximum absolute atomic E-state index is 13.6. The predicted molar refractivity (Wildman–Crippen MR) is 74.7 cm³/mol. The number of anilines is 1. The van der Waals surface area contributed by atoms with E-state index in [0.717, 1.165) is 19.2 Å². The molecule has 2 aromatic rings. The summed E-state index contributed by atoms with van der Waals surface area (Å²) in [5, 5.41) is 9.01. The molecule has 22 heavy (non-hydrogen) atoms. The molecule has 0 aliphatic rings. The number of esters is 1. The molecule has 1 aromatic heterocycles. The van der Waals surface area contributed by atoms with Crippen molar-refractivity contribution in [2.45, 2.75) is 0 Å². The van der Waals surface area contributed by atoms with Crippen molar-refractivity contribution in [3.8, 4) is 11.8 Å². The standard InChI is InChI=1S/C14H11FN4O3/c1-22-14(21)12-11(17)8(5-16)6-19(12)10-3-7(13(18)20)2-9(15)4-10/h2-4,6H,17H2,1H3,(H2,18,20). The first-order valence-corrected chi connectivity index (χ1v) is 5.99. The summed E-state index contributed by atoms with van der Waals surface area (Å²) < 4.78 is 19.4. The van der Waals surface area contributed by atoms with Gasteiger partial charge in [-0.1, -0.05) is 0 Å². The Morgan fingerprint density at radius 3 is 2.59 bits per heavy atom. The zero-order chi connectivity index (χ0) is 16.4. The number of methoxy groups -OCH3 is 1. The Morgan fingerprint density at radius 1 is 1.36 bits per heavy atom. The Hall–Kier alpha value is -3.34. The monoisotopic (exact) mass is 302 g/mol. The van der Waals surface area contributed by atoms with Gasteiger partial charge in [0.15, 0.2) is 5.69 Å². The lowest BCUT2D eigenvalue weighted by molar-refractivity contribution is 0.0593. The topological polar surface area (TPSA) is 124 Å². The van der Waals surface area contributed by atoms with E-state index in [9.17, 15) is 14.0 Å². The van der Waals surface area contributed by atoms with Crippen molar-refractivity contribution in [1.29, 1.82) is 5.26 Å². The maximum atomic E-state index is 13.6. The molecule has 8 heteroatoms. The van der Waals surface area contributed by atoms with Gasteiger partial charge >= 0.3 is 5.97 Å². The van der Waals surface area contributed by atoms with Crippen molar-refractivity contribution >= 4 is 17.6 Å². The number of nitrogen functional groups attached to an aromatic ring is 1. The molecule has 1 aromatic carbocycles. The number of nitriles is 1. The maximum Gasteiger partial charge on any atom is 0.357 e. The average Bonchev–Trinajstić information content (AvgIpc) is 2.82. The number of nitrogens with zero attached hydrogens (tertiary/aromatic N) is 2. The Bertz CT molecular complexity index is 820. The molecular formula is C14H11FN4O3. The molecule has 2 rings (SSSR count). The van der Waals surface area contributed by atoms with E-state index in [1.54, 1.807) is 0 Å². The lowest BCUT2D eigenvalue weighted by Crippen LogP contribution is -2.14. The summed E-state index contributed by atoms with van der Waals surface area (Å²) in [7, 11) is 1.14. The van der Waals surface area contributed by atoms with E-state index in [2.05, 4.69) is 4.74 Å². The van der Waals surface area contributed by atoms with Crippen molar-refractivity contribution in [3.05, 3.63) is 47.0 Å².